The quantitative estimate of drug-likeness (QED) is 0.336. The Kier molecular flexibility index (Phi) is 5.35. The van der Waals surface area contributed by atoms with Crippen LogP contribution in [0.2, 0.25) is 0 Å². The van der Waals surface area contributed by atoms with Gasteiger partial charge in [0.1, 0.15) is 6.04 Å². The van der Waals surface area contributed by atoms with Crippen molar-refractivity contribution in [2.75, 3.05) is 0 Å². The summed E-state index contributed by atoms with van der Waals surface area (Å²) in [6, 6.07) is 1.96. The molecule has 2 aliphatic heterocycles. The van der Waals surface area contributed by atoms with E-state index >= 15 is 0 Å². The van der Waals surface area contributed by atoms with Crippen LogP contribution in [-0.2, 0) is 16.6 Å². The first kappa shape index (κ1) is 28.5. The third kappa shape index (κ3) is 3.09. The summed E-state index contributed by atoms with van der Waals surface area (Å²) in [7, 11) is 0. The zero-order valence-electron chi connectivity index (χ0n) is 27.7. The fraction of sp³-hybridized carbons (Fsp3) is 0.711. The molecular weight excluding hydrogens is 534 g/mol. The van der Waals surface area contributed by atoms with Crippen molar-refractivity contribution in [3.05, 3.63) is 46.2 Å². The normalized spacial score (nSPS) is 42.8. The Bertz CT molecular complexity index is 1640. The minimum Gasteiger partial charge on any atom is -0.393 e. The number of aliphatic hydroxyl groups is 2. The van der Waals surface area contributed by atoms with Crippen LogP contribution >= 0.6 is 0 Å². The Morgan fingerprint density at radius 1 is 1.05 bits per heavy atom. The van der Waals surface area contributed by atoms with Crippen molar-refractivity contribution in [3.8, 4) is 0 Å². The minimum absolute atomic E-state index is 0.00525. The minimum atomic E-state index is -0.739. The van der Waals surface area contributed by atoms with Crippen molar-refractivity contribution in [2.45, 2.75) is 142 Å². The topological polar surface area (TPSA) is 71.7 Å². The maximum absolute atomic E-state index is 14.7. The van der Waals surface area contributed by atoms with Gasteiger partial charge in [-0.2, -0.15) is 0 Å². The van der Waals surface area contributed by atoms with Gasteiger partial charge in [0.25, 0.3) is 0 Å². The third-order valence-electron chi connectivity index (χ3n) is 14.4. The summed E-state index contributed by atoms with van der Waals surface area (Å²) in [4.78, 5) is 14.7. The van der Waals surface area contributed by atoms with Crippen molar-refractivity contribution >= 4 is 16.7 Å². The van der Waals surface area contributed by atoms with Crippen molar-refractivity contribution in [2.24, 2.45) is 28.6 Å². The van der Waals surface area contributed by atoms with Crippen molar-refractivity contribution in [1.82, 2.24) is 4.57 Å². The summed E-state index contributed by atoms with van der Waals surface area (Å²) in [6.07, 6.45) is 4.96. The number of aliphatic hydroxyl groups excluding tert-OH is 2. The molecule has 0 amide bonds. The number of nitrogens with zero attached hydrogens (tertiary/aromatic N) is 1. The van der Waals surface area contributed by atoms with Crippen LogP contribution in [0.15, 0.2) is 18.2 Å². The number of benzene rings is 1. The van der Waals surface area contributed by atoms with Crippen LogP contribution in [0.1, 0.15) is 145 Å². The van der Waals surface area contributed by atoms with Gasteiger partial charge in [-0.05, 0) is 124 Å². The molecule has 3 heterocycles. The molecule has 6 aliphatic rings. The molecule has 0 spiro atoms. The first-order valence-corrected chi connectivity index (χ1v) is 16.9. The second-order valence-electron chi connectivity index (χ2n) is 17.7. The Labute approximate surface area is 257 Å². The maximum atomic E-state index is 14.7. The Morgan fingerprint density at radius 3 is 2.42 bits per heavy atom. The molecule has 3 fully saturated rings. The molecule has 232 valence electrons. The molecule has 1 aromatic heterocycles. The summed E-state index contributed by atoms with van der Waals surface area (Å²) < 4.78 is 9.00. The van der Waals surface area contributed by atoms with E-state index in [4.69, 9.17) is 4.74 Å². The largest absolute Gasteiger partial charge is 0.393 e. The number of aromatic nitrogens is 1. The SMILES string of the molecule is C=C(C)[C@H]1C(=O)c2c3c(cc4c5c(n1c24)[C@@]1(C)C(CC[C@H]2C(C)(C)[C@@H](O)CC[C@@]21C)C5)C1CC(C)(C)OC(C)(C)C1[C@@H]3O. The van der Waals surface area contributed by atoms with E-state index in [1.54, 1.807) is 0 Å². The summed E-state index contributed by atoms with van der Waals surface area (Å²) >= 11 is 0. The predicted octanol–water partition coefficient (Wildman–Crippen LogP) is 7.71. The lowest BCUT2D eigenvalue weighted by Crippen LogP contribution is -2.61. The standard InChI is InChI=1S/C38H51NO4/c1-18(2)29-32(42)27-26-20(23-17-34(3,4)43-36(7,8)28(23)31(26)41)16-21-22-15-19-11-12-24-35(5,6)25(40)13-14-37(24,9)38(19,10)33(22)39(29)30(21)27/h16,19,23-25,28-29,31,40-41H,1,11-15,17H2,2-10H3/t19?,23?,24-,25-,28?,29-,31+,37-,38+/m0/s1. The average Bonchev–Trinajstić information content (AvgIpc) is 3.55. The van der Waals surface area contributed by atoms with Gasteiger partial charge in [-0.3, -0.25) is 4.79 Å². The number of Topliss-reactive ketones (excluding diaryl/α,β-unsaturated/α-hetero) is 1. The van der Waals surface area contributed by atoms with Crippen molar-refractivity contribution in [1.29, 1.82) is 0 Å². The highest BCUT2D eigenvalue weighted by molar-refractivity contribution is 6.17. The first-order valence-electron chi connectivity index (χ1n) is 16.9. The Balaban J connectivity index is 1.42. The Morgan fingerprint density at radius 2 is 1.74 bits per heavy atom. The number of ether oxygens (including phenoxy) is 1. The maximum Gasteiger partial charge on any atom is 0.192 e. The van der Waals surface area contributed by atoms with E-state index in [9.17, 15) is 15.0 Å². The van der Waals surface area contributed by atoms with Crippen molar-refractivity contribution in [3.63, 3.8) is 0 Å². The molecule has 5 nitrogen and oxygen atoms in total. The van der Waals surface area contributed by atoms with E-state index in [1.165, 1.54) is 22.2 Å². The molecule has 43 heavy (non-hydrogen) atoms. The van der Waals surface area contributed by atoms with Crippen LogP contribution in [0.4, 0.5) is 0 Å². The number of allylic oxidation sites excluding steroid dienone is 1. The number of carbonyl (C=O) groups excluding carboxylic acids is 1. The van der Waals surface area contributed by atoms with Gasteiger partial charge in [-0.25, -0.2) is 0 Å². The number of hydrogen-bond donors (Lipinski definition) is 2. The molecule has 1 aromatic carbocycles. The van der Waals surface area contributed by atoms with Gasteiger partial charge in [-0.1, -0.05) is 39.8 Å². The van der Waals surface area contributed by atoms with E-state index in [0.29, 0.717) is 11.8 Å². The second-order valence-corrected chi connectivity index (χ2v) is 17.7. The molecule has 2 saturated carbocycles. The van der Waals surface area contributed by atoms with Crippen LogP contribution in [-0.4, -0.2) is 37.9 Å². The van der Waals surface area contributed by atoms with Gasteiger partial charge in [0.2, 0.25) is 0 Å². The molecule has 2 N–H and O–H groups in total. The lowest BCUT2D eigenvalue weighted by atomic mass is 9.41. The van der Waals surface area contributed by atoms with Crippen molar-refractivity contribution < 1.29 is 19.7 Å². The van der Waals surface area contributed by atoms with Crippen LogP contribution < -0.4 is 0 Å². The van der Waals surface area contributed by atoms with Gasteiger partial charge in [0.05, 0.1) is 34.5 Å². The van der Waals surface area contributed by atoms with E-state index in [2.05, 4.69) is 72.6 Å². The molecular formula is C38H51NO4. The fourth-order valence-corrected chi connectivity index (χ4v) is 12.7. The molecule has 0 radical (unpaired) electrons. The zero-order valence-corrected chi connectivity index (χ0v) is 27.7. The van der Waals surface area contributed by atoms with E-state index in [1.807, 2.05) is 6.92 Å². The lowest BCUT2D eigenvalue weighted by Gasteiger charge is -2.64. The molecule has 5 heteroatoms. The molecule has 3 unspecified atom stereocenters. The highest BCUT2D eigenvalue weighted by Crippen LogP contribution is 2.71. The zero-order chi connectivity index (χ0) is 31.0. The van der Waals surface area contributed by atoms with Crippen LogP contribution in [0.3, 0.4) is 0 Å². The third-order valence-corrected chi connectivity index (χ3v) is 14.4. The van der Waals surface area contributed by atoms with Crippen LogP contribution in [0.25, 0.3) is 10.9 Å². The number of hydrogen-bond acceptors (Lipinski definition) is 4. The number of carbonyl (C=O) groups is 1. The smallest absolute Gasteiger partial charge is 0.192 e. The van der Waals surface area contributed by atoms with Crippen LogP contribution in [0, 0.1) is 28.6 Å². The number of rotatable bonds is 1. The van der Waals surface area contributed by atoms with Gasteiger partial charge in [0, 0.05) is 22.4 Å². The molecule has 9 atom stereocenters. The van der Waals surface area contributed by atoms with Crippen LogP contribution in [0.5, 0.6) is 0 Å². The molecule has 4 aliphatic carbocycles. The van der Waals surface area contributed by atoms with E-state index in [0.717, 1.165) is 60.7 Å². The number of ketones is 1. The summed E-state index contributed by atoms with van der Waals surface area (Å²) in [5.74, 6) is 1.07. The summed E-state index contributed by atoms with van der Waals surface area (Å²) in [6.45, 7) is 24.5. The van der Waals surface area contributed by atoms with Gasteiger partial charge in [-0.15, -0.1) is 0 Å². The molecule has 1 saturated heterocycles. The highest BCUT2D eigenvalue weighted by Gasteiger charge is 2.67. The first-order chi connectivity index (χ1) is 19.9. The van der Waals surface area contributed by atoms with E-state index in [-0.39, 0.29) is 45.6 Å². The summed E-state index contributed by atoms with van der Waals surface area (Å²) in [5, 5.41) is 24.5. The molecule has 0 bridgehead atoms. The highest BCUT2D eigenvalue weighted by atomic mass is 16.5. The lowest BCUT2D eigenvalue weighted by molar-refractivity contribution is -0.208. The second kappa shape index (κ2) is 8.06. The monoisotopic (exact) mass is 585 g/mol. The Hall–Kier alpha value is -1.95. The molecule has 8 rings (SSSR count). The average molecular weight is 586 g/mol. The number of fused-ring (bicyclic) bond motifs is 11. The molecule has 2 aromatic rings. The fourth-order valence-electron chi connectivity index (χ4n) is 12.7. The van der Waals surface area contributed by atoms with Gasteiger partial charge in [0.15, 0.2) is 5.78 Å². The van der Waals surface area contributed by atoms with Gasteiger partial charge < -0.3 is 19.5 Å². The van der Waals surface area contributed by atoms with Gasteiger partial charge >= 0.3 is 0 Å². The predicted molar refractivity (Wildman–Crippen MR) is 170 cm³/mol. The van der Waals surface area contributed by atoms with E-state index < -0.39 is 17.7 Å². The summed E-state index contributed by atoms with van der Waals surface area (Å²) in [5.41, 5.74) is 6.38.